The molecule has 3 nitrogen and oxygen atoms in total. The number of ether oxygens (including phenoxy) is 1. The van der Waals surface area contributed by atoms with Gasteiger partial charge in [-0.1, -0.05) is 24.4 Å². The Kier molecular flexibility index (Phi) is 4.73. The molecule has 2 fully saturated rings. The Balaban J connectivity index is 1.83. The lowest BCUT2D eigenvalue weighted by atomic mass is 9.86. The number of nitrogens with zero attached hydrogens (tertiary/aromatic N) is 1. The maximum absolute atomic E-state index is 12.3. The van der Waals surface area contributed by atoms with Gasteiger partial charge in [0.05, 0.1) is 5.02 Å². The molecule has 0 radical (unpaired) electrons. The van der Waals surface area contributed by atoms with Gasteiger partial charge >= 0.3 is 6.61 Å². The van der Waals surface area contributed by atoms with Gasteiger partial charge in [0, 0.05) is 30.4 Å². The third-order valence-electron chi connectivity index (χ3n) is 4.56. The number of hydrogen-bond acceptors (Lipinski definition) is 3. The number of nitrogens with one attached hydrogen (secondary N) is 1. The zero-order chi connectivity index (χ0) is 15.7. The lowest BCUT2D eigenvalue weighted by molar-refractivity contribution is -0.0497. The Labute approximate surface area is 134 Å². The fourth-order valence-corrected chi connectivity index (χ4v) is 3.90. The first-order valence-corrected chi connectivity index (χ1v) is 8.19. The second-order valence-corrected chi connectivity index (χ2v) is 6.58. The number of benzene rings is 1. The third-order valence-corrected chi connectivity index (χ3v) is 4.86. The van der Waals surface area contributed by atoms with Crippen LogP contribution in [0.1, 0.15) is 32.6 Å². The summed E-state index contributed by atoms with van der Waals surface area (Å²) in [6.45, 7) is 0.213. The van der Waals surface area contributed by atoms with Gasteiger partial charge in [0.25, 0.3) is 0 Å². The van der Waals surface area contributed by atoms with Gasteiger partial charge in [0.15, 0.2) is 0 Å². The lowest BCUT2D eigenvalue weighted by Gasteiger charge is -2.48. The zero-order valence-corrected chi connectivity index (χ0v) is 13.3. The molecule has 1 saturated carbocycles. The van der Waals surface area contributed by atoms with Crippen molar-refractivity contribution in [2.45, 2.75) is 57.3 Å². The summed E-state index contributed by atoms with van der Waals surface area (Å²) in [4.78, 5) is 2.36. The van der Waals surface area contributed by atoms with Crippen molar-refractivity contribution in [1.82, 2.24) is 5.32 Å². The molecule has 22 heavy (non-hydrogen) atoms. The summed E-state index contributed by atoms with van der Waals surface area (Å²) < 4.78 is 29.1. The van der Waals surface area contributed by atoms with E-state index in [0.717, 1.165) is 18.7 Å². The smallest absolute Gasteiger partial charge is 0.387 e. The van der Waals surface area contributed by atoms with Crippen LogP contribution in [0.5, 0.6) is 5.75 Å². The molecule has 0 amide bonds. The van der Waals surface area contributed by atoms with Gasteiger partial charge in [-0.05, 0) is 38.0 Å². The van der Waals surface area contributed by atoms with Crippen molar-refractivity contribution < 1.29 is 13.5 Å². The molecule has 1 N–H and O–H groups in total. The molecule has 2 aliphatic rings. The standard InChI is InChI=1S/C16H21ClF2N2O/c1-10-9-21(14-5-3-2-4-13(14)20-10)11-6-7-15(12(17)8-11)22-16(18)19/h6-8,10,13-14,16,20H,2-5,9H2,1H3/t10-,13+,14+/m1/s1. The van der Waals surface area contributed by atoms with E-state index < -0.39 is 6.61 Å². The van der Waals surface area contributed by atoms with Gasteiger partial charge in [-0.25, -0.2) is 0 Å². The topological polar surface area (TPSA) is 24.5 Å². The van der Waals surface area contributed by atoms with Crippen LogP contribution in [0, 0.1) is 0 Å². The molecule has 0 aromatic heterocycles. The molecule has 1 aromatic carbocycles. The number of piperazine rings is 1. The second kappa shape index (κ2) is 6.59. The maximum Gasteiger partial charge on any atom is 0.387 e. The average Bonchev–Trinajstić information content (AvgIpc) is 2.48. The molecule has 1 aromatic rings. The fraction of sp³-hybridized carbons (Fsp3) is 0.625. The predicted octanol–water partition coefficient (Wildman–Crippen LogP) is 4.05. The Morgan fingerprint density at radius 1 is 1.32 bits per heavy atom. The highest BCUT2D eigenvalue weighted by atomic mass is 35.5. The third kappa shape index (κ3) is 3.30. The first-order valence-electron chi connectivity index (χ1n) is 7.81. The second-order valence-electron chi connectivity index (χ2n) is 6.17. The van der Waals surface area contributed by atoms with E-state index in [9.17, 15) is 8.78 Å². The molecular weight excluding hydrogens is 310 g/mol. The number of halogens is 3. The van der Waals surface area contributed by atoms with Crippen molar-refractivity contribution in [2.24, 2.45) is 0 Å². The maximum atomic E-state index is 12.3. The number of anilines is 1. The molecule has 1 saturated heterocycles. The van der Waals surface area contributed by atoms with Crippen LogP contribution in [0.3, 0.4) is 0 Å². The summed E-state index contributed by atoms with van der Waals surface area (Å²) in [6, 6.07) is 6.44. The number of fused-ring (bicyclic) bond motifs is 1. The Morgan fingerprint density at radius 2 is 2.09 bits per heavy atom. The minimum absolute atomic E-state index is 0.0313. The van der Waals surface area contributed by atoms with Gasteiger partial charge < -0.3 is 15.0 Å². The first kappa shape index (κ1) is 15.8. The van der Waals surface area contributed by atoms with E-state index >= 15 is 0 Å². The number of hydrogen-bond donors (Lipinski definition) is 1. The monoisotopic (exact) mass is 330 g/mol. The van der Waals surface area contributed by atoms with E-state index in [1.165, 1.54) is 25.3 Å². The van der Waals surface area contributed by atoms with Crippen molar-refractivity contribution in [3.8, 4) is 5.75 Å². The van der Waals surface area contributed by atoms with Crippen LogP contribution >= 0.6 is 11.6 Å². The Hall–Kier alpha value is -1.07. The molecule has 1 heterocycles. The molecule has 0 spiro atoms. The summed E-state index contributed by atoms with van der Waals surface area (Å²) in [5.74, 6) is 0.0313. The highest BCUT2D eigenvalue weighted by molar-refractivity contribution is 6.32. The Bertz CT molecular complexity index is 529. The molecule has 1 aliphatic heterocycles. The highest BCUT2D eigenvalue weighted by Crippen LogP contribution is 2.35. The largest absolute Gasteiger partial charge is 0.433 e. The van der Waals surface area contributed by atoms with Gasteiger partial charge in [-0.3, -0.25) is 0 Å². The number of alkyl halides is 2. The molecule has 0 bridgehead atoms. The van der Waals surface area contributed by atoms with Crippen LogP contribution in [-0.4, -0.2) is 31.3 Å². The summed E-state index contributed by atoms with van der Waals surface area (Å²) >= 11 is 6.10. The fourth-order valence-electron chi connectivity index (χ4n) is 3.68. The minimum Gasteiger partial charge on any atom is -0.433 e. The minimum atomic E-state index is -2.86. The number of rotatable bonds is 3. The van der Waals surface area contributed by atoms with Crippen LogP contribution in [0.4, 0.5) is 14.5 Å². The first-order chi connectivity index (χ1) is 10.5. The van der Waals surface area contributed by atoms with Crippen molar-refractivity contribution in [3.63, 3.8) is 0 Å². The van der Waals surface area contributed by atoms with Crippen LogP contribution in [0.15, 0.2) is 18.2 Å². The van der Waals surface area contributed by atoms with Gasteiger partial charge in [0.2, 0.25) is 0 Å². The van der Waals surface area contributed by atoms with Crippen LogP contribution < -0.4 is 15.0 Å². The van der Waals surface area contributed by atoms with Crippen LogP contribution in [0.25, 0.3) is 0 Å². The molecule has 0 unspecified atom stereocenters. The van der Waals surface area contributed by atoms with Crippen molar-refractivity contribution in [3.05, 3.63) is 23.2 Å². The molecule has 3 atom stereocenters. The summed E-state index contributed by atoms with van der Waals surface area (Å²) in [7, 11) is 0. The van der Waals surface area contributed by atoms with Gasteiger partial charge in [-0.15, -0.1) is 0 Å². The van der Waals surface area contributed by atoms with Crippen LogP contribution in [-0.2, 0) is 0 Å². The molecule has 122 valence electrons. The van der Waals surface area contributed by atoms with Crippen LogP contribution in [0.2, 0.25) is 5.02 Å². The lowest BCUT2D eigenvalue weighted by Crippen LogP contribution is -2.62. The normalized spacial score (nSPS) is 28.6. The SMILES string of the molecule is C[C@@H]1CN(c2ccc(OC(F)F)c(Cl)c2)[C@H]2CCCC[C@@H]2N1. The zero-order valence-electron chi connectivity index (χ0n) is 12.6. The van der Waals surface area contributed by atoms with Crippen molar-refractivity contribution in [2.75, 3.05) is 11.4 Å². The van der Waals surface area contributed by atoms with E-state index in [-0.39, 0.29) is 10.8 Å². The molecule has 6 heteroatoms. The average molecular weight is 331 g/mol. The van der Waals surface area contributed by atoms with Crippen molar-refractivity contribution >= 4 is 17.3 Å². The summed E-state index contributed by atoms with van der Waals surface area (Å²) in [6.07, 6.45) is 4.83. The molecular formula is C16H21ClF2N2O. The molecule has 1 aliphatic carbocycles. The van der Waals surface area contributed by atoms with E-state index in [0.29, 0.717) is 18.1 Å². The van der Waals surface area contributed by atoms with Gasteiger partial charge in [0.1, 0.15) is 5.75 Å². The van der Waals surface area contributed by atoms with Gasteiger partial charge in [-0.2, -0.15) is 8.78 Å². The molecule has 3 rings (SSSR count). The van der Waals surface area contributed by atoms with E-state index in [1.54, 1.807) is 6.07 Å². The van der Waals surface area contributed by atoms with E-state index in [4.69, 9.17) is 11.6 Å². The highest BCUT2D eigenvalue weighted by Gasteiger charge is 2.35. The summed E-state index contributed by atoms with van der Waals surface area (Å²) in [5.41, 5.74) is 0.983. The van der Waals surface area contributed by atoms with Crippen molar-refractivity contribution in [1.29, 1.82) is 0 Å². The summed E-state index contributed by atoms with van der Waals surface area (Å²) in [5, 5.41) is 3.90. The van der Waals surface area contributed by atoms with E-state index in [2.05, 4.69) is 21.9 Å². The van der Waals surface area contributed by atoms with E-state index in [1.807, 2.05) is 6.07 Å². The predicted molar refractivity (Wildman–Crippen MR) is 84.1 cm³/mol. The Morgan fingerprint density at radius 3 is 2.82 bits per heavy atom. The quantitative estimate of drug-likeness (QED) is 0.905.